The van der Waals surface area contributed by atoms with Gasteiger partial charge in [-0.05, 0) is 48.4 Å². The van der Waals surface area contributed by atoms with Crippen LogP contribution in [0.2, 0.25) is 0 Å². The summed E-state index contributed by atoms with van der Waals surface area (Å²) in [5, 5.41) is 0. The molecule has 0 aliphatic rings. The smallest absolute Gasteiger partial charge is 0.165 e. The summed E-state index contributed by atoms with van der Waals surface area (Å²) >= 11 is 0. The van der Waals surface area contributed by atoms with Crippen LogP contribution in [0, 0.1) is 30.4 Å². The molecule has 0 aliphatic heterocycles. The van der Waals surface area contributed by atoms with E-state index in [1.165, 1.54) is 24.3 Å². The molecule has 0 fully saturated rings. The number of ether oxygens (including phenoxy) is 1. The van der Waals surface area contributed by atoms with E-state index in [0.29, 0.717) is 5.56 Å². The van der Waals surface area contributed by atoms with Crippen molar-refractivity contribution >= 4 is 0 Å². The molecule has 2 N–H and O–H groups in total. The summed E-state index contributed by atoms with van der Waals surface area (Å²) in [4.78, 5) is 0. The lowest BCUT2D eigenvalue weighted by Crippen LogP contribution is -2.00. The highest BCUT2D eigenvalue weighted by molar-refractivity contribution is 5.41. The normalized spacial score (nSPS) is 9.90. The Morgan fingerprint density at radius 2 is 1.95 bits per heavy atom. The Labute approximate surface area is 122 Å². The molecule has 0 saturated heterocycles. The van der Waals surface area contributed by atoms with E-state index in [0.717, 1.165) is 11.1 Å². The van der Waals surface area contributed by atoms with Gasteiger partial charge in [0.2, 0.25) is 0 Å². The fourth-order valence-corrected chi connectivity index (χ4v) is 1.82. The Bertz CT molecular complexity index is 702. The number of nitrogens with two attached hydrogens (primary N) is 1. The van der Waals surface area contributed by atoms with Crippen molar-refractivity contribution in [3.63, 3.8) is 0 Å². The first-order chi connectivity index (χ1) is 10.1. The first-order valence-corrected chi connectivity index (χ1v) is 6.46. The van der Waals surface area contributed by atoms with Gasteiger partial charge in [-0.2, -0.15) is 0 Å². The molecule has 0 radical (unpaired) electrons. The minimum Gasteiger partial charge on any atom is -0.486 e. The lowest BCUT2D eigenvalue weighted by atomic mass is 10.1. The molecule has 108 valence electrons. The number of benzene rings is 2. The van der Waals surface area contributed by atoms with Crippen LogP contribution in [-0.2, 0) is 6.61 Å². The minimum atomic E-state index is -0.465. The molecule has 0 unspecified atom stereocenters. The van der Waals surface area contributed by atoms with Crippen molar-refractivity contribution in [3.8, 4) is 17.6 Å². The third-order valence-electron chi connectivity index (χ3n) is 2.95. The Morgan fingerprint density at radius 3 is 2.67 bits per heavy atom. The maximum atomic E-state index is 13.7. The average molecular weight is 287 g/mol. The highest BCUT2D eigenvalue weighted by Crippen LogP contribution is 2.21. The molecule has 2 aromatic rings. The Hall–Kier alpha value is -2.38. The van der Waals surface area contributed by atoms with E-state index >= 15 is 0 Å². The van der Waals surface area contributed by atoms with Crippen molar-refractivity contribution in [1.29, 1.82) is 0 Å². The topological polar surface area (TPSA) is 35.2 Å². The summed E-state index contributed by atoms with van der Waals surface area (Å²) in [6.45, 7) is 2.18. The Morgan fingerprint density at radius 1 is 1.14 bits per heavy atom. The van der Waals surface area contributed by atoms with Gasteiger partial charge < -0.3 is 10.5 Å². The molecule has 0 heterocycles. The summed E-state index contributed by atoms with van der Waals surface area (Å²) < 4.78 is 32.2. The standard InChI is InChI=1S/C17H15F2NO/c1-12-9-15(18)6-5-14(12)11-21-17-10-13(3-2-8-20)4-7-16(17)19/h4-7,9-10H,8,11,20H2,1H3. The zero-order valence-electron chi connectivity index (χ0n) is 11.6. The van der Waals surface area contributed by atoms with Gasteiger partial charge in [0.25, 0.3) is 0 Å². The summed E-state index contributed by atoms with van der Waals surface area (Å²) in [6.07, 6.45) is 0. The third-order valence-corrected chi connectivity index (χ3v) is 2.95. The van der Waals surface area contributed by atoms with Crippen molar-refractivity contribution in [2.24, 2.45) is 5.73 Å². The lowest BCUT2D eigenvalue weighted by molar-refractivity contribution is 0.289. The zero-order chi connectivity index (χ0) is 15.2. The maximum Gasteiger partial charge on any atom is 0.165 e. The van der Waals surface area contributed by atoms with Crippen LogP contribution in [-0.4, -0.2) is 6.54 Å². The second-order valence-electron chi connectivity index (χ2n) is 4.51. The predicted molar refractivity (Wildman–Crippen MR) is 77.8 cm³/mol. The van der Waals surface area contributed by atoms with Gasteiger partial charge in [-0.15, -0.1) is 0 Å². The number of hydrogen-bond acceptors (Lipinski definition) is 2. The second kappa shape index (κ2) is 6.87. The Balaban J connectivity index is 2.15. The van der Waals surface area contributed by atoms with E-state index in [9.17, 15) is 8.78 Å². The van der Waals surface area contributed by atoms with Gasteiger partial charge in [0.1, 0.15) is 12.4 Å². The summed E-state index contributed by atoms with van der Waals surface area (Å²) in [5.74, 6) is 4.86. The molecule has 0 saturated carbocycles. The van der Waals surface area contributed by atoms with Crippen LogP contribution < -0.4 is 10.5 Å². The summed E-state index contributed by atoms with van der Waals surface area (Å²) in [5.41, 5.74) is 7.49. The SMILES string of the molecule is Cc1cc(F)ccc1COc1cc(C#CCN)ccc1F. The third kappa shape index (κ3) is 4.04. The fourth-order valence-electron chi connectivity index (χ4n) is 1.82. The fraction of sp³-hybridized carbons (Fsp3) is 0.176. The van der Waals surface area contributed by atoms with Gasteiger partial charge in [-0.25, -0.2) is 8.78 Å². The molecule has 21 heavy (non-hydrogen) atoms. The van der Waals surface area contributed by atoms with Crippen LogP contribution in [0.1, 0.15) is 16.7 Å². The maximum absolute atomic E-state index is 13.7. The Kier molecular flexibility index (Phi) is 4.91. The molecule has 0 atom stereocenters. The summed E-state index contributed by atoms with van der Waals surface area (Å²) in [7, 11) is 0. The van der Waals surface area contributed by atoms with Gasteiger partial charge in [-0.3, -0.25) is 0 Å². The number of halogens is 2. The molecule has 2 nitrogen and oxygen atoms in total. The van der Waals surface area contributed by atoms with Crippen molar-refractivity contribution in [3.05, 3.63) is 64.7 Å². The number of aryl methyl sites for hydroxylation is 1. The average Bonchev–Trinajstić information content (AvgIpc) is 2.46. The molecule has 4 heteroatoms. The minimum absolute atomic E-state index is 0.113. The van der Waals surface area contributed by atoms with Crippen molar-refractivity contribution in [2.75, 3.05) is 6.54 Å². The number of rotatable bonds is 3. The molecule has 2 aromatic carbocycles. The van der Waals surface area contributed by atoms with Crippen molar-refractivity contribution in [1.82, 2.24) is 0 Å². The van der Waals surface area contributed by atoms with E-state index in [2.05, 4.69) is 11.8 Å². The van der Waals surface area contributed by atoms with Crippen LogP contribution >= 0.6 is 0 Å². The van der Waals surface area contributed by atoms with Crippen LogP contribution in [0.4, 0.5) is 8.78 Å². The largest absolute Gasteiger partial charge is 0.486 e. The van der Waals surface area contributed by atoms with Crippen LogP contribution in [0.5, 0.6) is 5.75 Å². The first kappa shape index (κ1) is 15.0. The molecular formula is C17H15F2NO. The molecule has 0 amide bonds. The van der Waals surface area contributed by atoms with Crippen molar-refractivity contribution in [2.45, 2.75) is 13.5 Å². The van der Waals surface area contributed by atoms with E-state index in [1.807, 2.05) is 0 Å². The zero-order valence-corrected chi connectivity index (χ0v) is 11.6. The first-order valence-electron chi connectivity index (χ1n) is 6.46. The van der Waals surface area contributed by atoms with E-state index in [1.54, 1.807) is 19.1 Å². The monoisotopic (exact) mass is 287 g/mol. The number of hydrogen-bond donors (Lipinski definition) is 1. The van der Waals surface area contributed by atoms with Crippen LogP contribution in [0.15, 0.2) is 36.4 Å². The summed E-state index contributed by atoms with van der Waals surface area (Å²) in [6, 6.07) is 8.78. The van der Waals surface area contributed by atoms with Crippen molar-refractivity contribution < 1.29 is 13.5 Å². The van der Waals surface area contributed by atoms with E-state index in [-0.39, 0.29) is 24.7 Å². The van der Waals surface area contributed by atoms with Gasteiger partial charge in [0.05, 0.1) is 6.54 Å². The molecule has 2 rings (SSSR count). The molecular weight excluding hydrogens is 272 g/mol. The van der Waals surface area contributed by atoms with Gasteiger partial charge in [-0.1, -0.05) is 17.9 Å². The quantitative estimate of drug-likeness (QED) is 0.880. The highest BCUT2D eigenvalue weighted by Gasteiger charge is 2.06. The molecule has 0 aromatic heterocycles. The van der Waals surface area contributed by atoms with E-state index in [4.69, 9.17) is 10.5 Å². The van der Waals surface area contributed by atoms with Crippen LogP contribution in [0.25, 0.3) is 0 Å². The van der Waals surface area contributed by atoms with Crippen LogP contribution in [0.3, 0.4) is 0 Å². The molecule has 0 spiro atoms. The van der Waals surface area contributed by atoms with Gasteiger partial charge in [0.15, 0.2) is 11.6 Å². The van der Waals surface area contributed by atoms with Gasteiger partial charge in [0, 0.05) is 5.56 Å². The lowest BCUT2D eigenvalue weighted by Gasteiger charge is -2.10. The van der Waals surface area contributed by atoms with Gasteiger partial charge >= 0.3 is 0 Å². The molecule has 0 bridgehead atoms. The molecule has 0 aliphatic carbocycles. The van der Waals surface area contributed by atoms with E-state index < -0.39 is 5.82 Å². The second-order valence-corrected chi connectivity index (χ2v) is 4.51. The highest BCUT2D eigenvalue weighted by atomic mass is 19.1. The predicted octanol–water partition coefficient (Wildman–Crippen LogP) is 3.16.